The molecule has 15 nitrogen and oxygen atoms in total. The third-order valence-corrected chi connectivity index (χ3v) is 7.77. The molecule has 180 valence electrons. The molecular weight excluding hydrogens is 529 g/mol. The topological polar surface area (TPSA) is 233 Å². The highest BCUT2D eigenvalue weighted by atomic mass is 32.1. The van der Waals surface area contributed by atoms with Gasteiger partial charge in [-0.1, -0.05) is 5.92 Å². The summed E-state index contributed by atoms with van der Waals surface area (Å²) in [4.78, 5) is 38.9. The maximum Gasteiger partial charge on any atom is 0.490 e. The van der Waals surface area contributed by atoms with Crippen molar-refractivity contribution in [3.05, 3.63) is 16.8 Å². The van der Waals surface area contributed by atoms with Gasteiger partial charge in [0.15, 0.2) is 24.0 Å². The van der Waals surface area contributed by atoms with Gasteiger partial charge >= 0.3 is 23.5 Å². The number of terminal acetylenes is 1. The smallest absolute Gasteiger partial charge is 0.381 e. The third kappa shape index (κ3) is 6.25. The molecule has 1 aromatic heterocycles. The van der Waals surface area contributed by atoms with Crippen molar-refractivity contribution in [2.24, 2.45) is 0 Å². The van der Waals surface area contributed by atoms with Crippen LogP contribution in [0.25, 0.3) is 0 Å². The zero-order valence-corrected chi connectivity index (χ0v) is 18.7. The largest absolute Gasteiger partial charge is 0.490 e. The van der Waals surface area contributed by atoms with Gasteiger partial charge in [0.05, 0.1) is 6.61 Å². The molecule has 6 atom stereocenters. The summed E-state index contributed by atoms with van der Waals surface area (Å²) in [6.45, 7) is -1.27. The molecule has 0 aliphatic carbocycles. The van der Waals surface area contributed by atoms with Gasteiger partial charge in [-0.05, 0) is 12.2 Å². The van der Waals surface area contributed by atoms with Crippen molar-refractivity contribution in [3.8, 4) is 12.3 Å². The number of nitrogen functional groups attached to an aromatic ring is 1. The lowest BCUT2D eigenvalue weighted by molar-refractivity contribution is -0.0738. The summed E-state index contributed by atoms with van der Waals surface area (Å²) in [6.07, 6.45) is -0.691. The number of halogens is 2. The van der Waals surface area contributed by atoms with E-state index in [4.69, 9.17) is 43.8 Å². The van der Waals surface area contributed by atoms with E-state index in [1.807, 2.05) is 0 Å². The van der Waals surface area contributed by atoms with Crippen molar-refractivity contribution in [1.29, 1.82) is 0 Å². The molecule has 1 saturated heterocycles. The van der Waals surface area contributed by atoms with Crippen LogP contribution in [0.4, 0.5) is 14.6 Å². The van der Waals surface area contributed by atoms with Crippen molar-refractivity contribution >= 4 is 41.5 Å². The molecule has 1 fully saturated rings. The zero-order valence-electron chi connectivity index (χ0n) is 15.2. The van der Waals surface area contributed by atoms with Crippen LogP contribution in [0.2, 0.25) is 0 Å². The van der Waals surface area contributed by atoms with Gasteiger partial charge in [0, 0.05) is 6.20 Å². The Balaban J connectivity index is 2.22. The highest BCUT2D eigenvalue weighted by Gasteiger charge is 2.57. The number of nitrogens with two attached hydrogens (primary N) is 1. The van der Waals surface area contributed by atoms with E-state index in [2.05, 4.69) is 18.1 Å². The van der Waals surface area contributed by atoms with Crippen molar-refractivity contribution < 1.29 is 65.0 Å². The van der Waals surface area contributed by atoms with Crippen LogP contribution >= 0.6 is 35.7 Å². The first-order valence-electron chi connectivity index (χ1n) is 7.73. The maximum absolute atomic E-state index is 14.8. The summed E-state index contributed by atoms with van der Waals surface area (Å²) < 4.78 is 78.8. The molecule has 3 unspecified atom stereocenters. The first-order chi connectivity index (χ1) is 14.4. The molecule has 1 aliphatic heterocycles. The standard InChI is InChI=1S/C11H14F2N3O12P3S/c1-2-11(17)7(13)6(26-9(11)16-3-5(12)8(14)15-10(16)32)4-25-30(21,22)28-31(23,24)27-29(18,19)20/h1,3,6-7,9,17H,4H2,(H,21,22)(H,23,24)(H2,14,15,32)(H2,18,19,20)/t6-,7+,9-,11?/m1/s1. The Morgan fingerprint density at radius 2 is 1.91 bits per heavy atom. The lowest BCUT2D eigenvalue weighted by Gasteiger charge is -2.26. The molecule has 0 radical (unpaired) electrons. The number of ether oxygens (including phenoxy) is 1. The average Bonchev–Trinajstić information content (AvgIpc) is 2.85. The summed E-state index contributed by atoms with van der Waals surface area (Å²) in [5.74, 6) is -0.0585. The molecule has 21 heteroatoms. The molecule has 0 amide bonds. The Morgan fingerprint density at radius 1 is 1.31 bits per heavy atom. The van der Waals surface area contributed by atoms with Gasteiger partial charge in [0.1, 0.15) is 6.10 Å². The fourth-order valence-electron chi connectivity index (χ4n) is 2.41. The van der Waals surface area contributed by atoms with Crippen LogP contribution in [0, 0.1) is 22.9 Å². The Labute approximate surface area is 182 Å². The van der Waals surface area contributed by atoms with Gasteiger partial charge < -0.3 is 35.2 Å². The summed E-state index contributed by atoms with van der Waals surface area (Å²) in [6, 6.07) is 0. The van der Waals surface area contributed by atoms with Gasteiger partial charge in [-0.15, -0.1) is 6.42 Å². The van der Waals surface area contributed by atoms with Crippen molar-refractivity contribution in [1.82, 2.24) is 9.55 Å². The van der Waals surface area contributed by atoms with Crippen molar-refractivity contribution in [2.45, 2.75) is 24.1 Å². The molecule has 32 heavy (non-hydrogen) atoms. The number of phosphoric ester groups is 1. The Kier molecular flexibility index (Phi) is 7.83. The molecular formula is C11H14F2N3O12P3S. The minimum atomic E-state index is -5.82. The first kappa shape index (κ1) is 27.1. The van der Waals surface area contributed by atoms with Gasteiger partial charge in [-0.25, -0.2) is 22.5 Å². The molecule has 2 rings (SSSR count). The van der Waals surface area contributed by atoms with Crippen LogP contribution in [0.15, 0.2) is 6.20 Å². The van der Waals surface area contributed by atoms with Gasteiger partial charge in [-0.2, -0.15) is 13.6 Å². The summed E-state index contributed by atoms with van der Waals surface area (Å²) in [5, 5.41) is 10.5. The summed E-state index contributed by atoms with van der Waals surface area (Å²) >= 11 is 4.84. The normalized spacial score (nSPS) is 29.8. The monoisotopic (exact) mass is 543 g/mol. The first-order valence-corrected chi connectivity index (χ1v) is 12.7. The Bertz CT molecular complexity index is 1140. The zero-order chi connectivity index (χ0) is 24.7. The summed E-state index contributed by atoms with van der Waals surface area (Å²) in [7, 11) is -17.1. The van der Waals surface area contributed by atoms with Crippen LogP contribution in [-0.2, 0) is 31.6 Å². The third-order valence-electron chi connectivity index (χ3n) is 3.66. The van der Waals surface area contributed by atoms with Crippen LogP contribution in [-0.4, -0.2) is 58.7 Å². The Hall–Kier alpha value is -1.15. The fraction of sp³-hybridized carbons (Fsp3) is 0.455. The lowest BCUT2D eigenvalue weighted by atomic mass is 9.96. The number of hydrogen-bond donors (Lipinski definition) is 6. The molecule has 1 aromatic rings. The van der Waals surface area contributed by atoms with E-state index in [-0.39, 0.29) is 0 Å². The van der Waals surface area contributed by atoms with Gasteiger partial charge in [0.25, 0.3) is 0 Å². The number of alkyl halides is 1. The van der Waals surface area contributed by atoms with E-state index in [0.717, 1.165) is 0 Å². The quantitative estimate of drug-likeness (QED) is 0.147. The highest BCUT2D eigenvalue weighted by Crippen LogP contribution is 2.66. The molecule has 1 aliphatic rings. The highest BCUT2D eigenvalue weighted by molar-refractivity contribution is 7.71. The molecule has 0 bridgehead atoms. The predicted molar refractivity (Wildman–Crippen MR) is 99.8 cm³/mol. The number of phosphoric acid groups is 3. The van der Waals surface area contributed by atoms with Crippen molar-refractivity contribution in [3.63, 3.8) is 0 Å². The van der Waals surface area contributed by atoms with Gasteiger partial charge in [0.2, 0.25) is 10.4 Å². The predicted octanol–water partition coefficient (Wildman–Crippen LogP) is 0.277. The van der Waals surface area contributed by atoms with E-state index in [9.17, 15) is 32.5 Å². The number of anilines is 1. The van der Waals surface area contributed by atoms with E-state index in [1.165, 1.54) is 0 Å². The lowest BCUT2D eigenvalue weighted by Crippen LogP contribution is -2.43. The second-order valence-electron chi connectivity index (χ2n) is 5.95. The number of nitrogens with zero attached hydrogens (tertiary/aromatic N) is 2. The van der Waals surface area contributed by atoms with E-state index in [1.54, 1.807) is 5.92 Å². The van der Waals surface area contributed by atoms with E-state index < -0.39 is 70.6 Å². The van der Waals surface area contributed by atoms with Crippen LogP contribution in [0.1, 0.15) is 6.23 Å². The number of hydrogen-bond acceptors (Lipinski definition) is 11. The second kappa shape index (κ2) is 9.24. The molecule has 7 N–H and O–H groups in total. The minimum absolute atomic E-state index is 0.483. The molecule has 0 saturated carbocycles. The Morgan fingerprint density at radius 3 is 2.44 bits per heavy atom. The molecule has 2 heterocycles. The van der Waals surface area contributed by atoms with E-state index in [0.29, 0.717) is 10.8 Å². The van der Waals surface area contributed by atoms with Crippen LogP contribution in [0.5, 0.6) is 0 Å². The number of aliphatic hydroxyl groups is 1. The van der Waals surface area contributed by atoms with E-state index >= 15 is 0 Å². The SMILES string of the molecule is C#CC1(O)[C@@H](F)[C@@H](COP(=O)(O)OP(=O)(O)OP(=O)(O)O)O[C@H]1n1cc(F)c(N)nc1=S. The molecule has 0 spiro atoms. The van der Waals surface area contributed by atoms with Crippen molar-refractivity contribution in [2.75, 3.05) is 12.3 Å². The summed E-state index contributed by atoms with van der Waals surface area (Å²) in [5.41, 5.74) is 2.42. The minimum Gasteiger partial charge on any atom is -0.381 e. The molecule has 0 aromatic carbocycles. The number of aromatic nitrogens is 2. The maximum atomic E-state index is 14.8. The van der Waals surface area contributed by atoms with Gasteiger partial charge in [-0.3, -0.25) is 9.09 Å². The average molecular weight is 543 g/mol. The fourth-order valence-corrected chi connectivity index (χ4v) is 5.68. The van der Waals surface area contributed by atoms with Crippen LogP contribution < -0.4 is 5.73 Å². The number of rotatable bonds is 8. The second-order valence-corrected chi connectivity index (χ2v) is 10.7. The van der Waals surface area contributed by atoms with Crippen LogP contribution in [0.3, 0.4) is 0 Å².